The summed E-state index contributed by atoms with van der Waals surface area (Å²) in [5.74, 6) is -7.84. The lowest BCUT2D eigenvalue weighted by molar-refractivity contribution is -0.153. The smallest absolute Gasteiger partial charge is 0.255 e. The maximum Gasteiger partial charge on any atom is 0.255 e. The lowest BCUT2D eigenvalue weighted by atomic mass is 9.57. The van der Waals surface area contributed by atoms with Crippen molar-refractivity contribution in [2.75, 3.05) is 51.5 Å². The molecule has 1 saturated carbocycles. The molecule has 4 aliphatic rings. The number of ketones is 2. The van der Waals surface area contributed by atoms with Crippen molar-refractivity contribution in [1.29, 1.82) is 0 Å². The Morgan fingerprint density at radius 2 is 1.72 bits per heavy atom. The van der Waals surface area contributed by atoms with Gasteiger partial charge in [0.25, 0.3) is 5.91 Å². The molecule has 2 fully saturated rings. The van der Waals surface area contributed by atoms with Gasteiger partial charge in [0.05, 0.1) is 23.2 Å². The minimum Gasteiger partial charge on any atom is -0.508 e. The van der Waals surface area contributed by atoms with E-state index in [0.717, 1.165) is 0 Å². The number of nitrogens with two attached hydrogens (primary N) is 1. The van der Waals surface area contributed by atoms with Crippen molar-refractivity contribution < 1.29 is 39.6 Å². The molecule has 1 heterocycles. The fourth-order valence-electron chi connectivity index (χ4n) is 7.56. The van der Waals surface area contributed by atoms with Gasteiger partial charge < -0.3 is 36.4 Å². The van der Waals surface area contributed by atoms with Crippen LogP contribution in [-0.4, -0.2) is 113 Å². The predicted molar refractivity (Wildman–Crippen MR) is 171 cm³/mol. The van der Waals surface area contributed by atoms with Crippen molar-refractivity contribution >= 4 is 40.5 Å². The van der Waals surface area contributed by atoms with Crippen LogP contribution < -0.4 is 16.0 Å². The molecule has 46 heavy (non-hydrogen) atoms. The summed E-state index contributed by atoms with van der Waals surface area (Å²) < 4.78 is 0. The molecule has 2 amide bonds. The number of aliphatic hydroxyl groups is 3. The van der Waals surface area contributed by atoms with E-state index in [2.05, 4.69) is 37.9 Å². The van der Waals surface area contributed by atoms with Crippen LogP contribution in [0.1, 0.15) is 45.2 Å². The highest BCUT2D eigenvalue weighted by Crippen LogP contribution is 2.54. The number of phenolic OH excluding ortho intramolecular Hbond substituents is 1. The average Bonchev–Trinajstić information content (AvgIpc) is 2.90. The average molecular weight is 640 g/mol. The summed E-state index contributed by atoms with van der Waals surface area (Å²) in [6.07, 6.45) is 0.134. The van der Waals surface area contributed by atoms with Crippen molar-refractivity contribution in [3.05, 3.63) is 34.1 Å². The fourth-order valence-corrected chi connectivity index (χ4v) is 7.56. The number of likely N-dealkylation sites (N-methyl/N-ethyl adjacent to an activating group) is 1. The molecule has 1 saturated heterocycles. The molecule has 2 unspecified atom stereocenters. The topological polar surface area (TPSA) is 197 Å². The van der Waals surface area contributed by atoms with Crippen LogP contribution in [0.15, 0.2) is 23.0 Å². The lowest BCUT2D eigenvalue weighted by Crippen LogP contribution is -2.65. The highest BCUT2D eigenvalue weighted by Gasteiger charge is 2.64. The first kappa shape index (κ1) is 33.4. The monoisotopic (exact) mass is 639 g/mol. The Labute approximate surface area is 268 Å². The van der Waals surface area contributed by atoms with Crippen molar-refractivity contribution in [3.8, 4) is 5.75 Å². The molecule has 1 aliphatic heterocycles. The second-order valence-electron chi connectivity index (χ2n) is 14.7. The second kappa shape index (κ2) is 11.1. The predicted octanol–water partition coefficient (Wildman–Crippen LogP) is 1.33. The number of nitrogens with zero attached hydrogens (tertiary/aromatic N) is 3. The number of amides is 2. The number of phenols is 1. The molecule has 5 atom stereocenters. The van der Waals surface area contributed by atoms with E-state index in [1.54, 1.807) is 39.2 Å². The van der Waals surface area contributed by atoms with Crippen molar-refractivity contribution in [3.63, 3.8) is 0 Å². The standard InChI is InChI=1S/C33H45N5O8/c1-14(32(2,3)4)38-12-16(13-38)31(45)35-19-11-20(36(5)6)17-9-15-10-18-24(37(7)8)27(41)23(30(34)44)29(43)33(18,46)28(42)21(15)26(40)22(17)25(19)39/h11,14-16,18,24,39-40,43,46H,9-10,12-13H2,1-8H3,(H2,34,44)(H,35,45)/t14?,15-,18?,24-,33-/m0/s1. The quantitative estimate of drug-likeness (QED) is 0.194. The van der Waals surface area contributed by atoms with Gasteiger partial charge >= 0.3 is 0 Å². The minimum absolute atomic E-state index is 0.0109. The number of aromatic hydroxyl groups is 1. The number of Topliss-reactive ketones (excluding diaryl/α,β-unsaturated/α-hetero) is 2. The minimum atomic E-state index is -2.73. The van der Waals surface area contributed by atoms with Gasteiger partial charge in [0.1, 0.15) is 22.8 Å². The summed E-state index contributed by atoms with van der Waals surface area (Å²) in [6.45, 7) is 9.66. The van der Waals surface area contributed by atoms with Crippen molar-refractivity contribution in [2.45, 2.75) is 58.2 Å². The van der Waals surface area contributed by atoms with E-state index < -0.39 is 63.8 Å². The Kier molecular flexibility index (Phi) is 8.06. The number of aliphatic hydroxyl groups excluding tert-OH is 2. The van der Waals surface area contributed by atoms with E-state index in [0.29, 0.717) is 24.3 Å². The number of likely N-dealkylation sites (tertiary alicyclic amines) is 1. The number of benzene rings is 1. The van der Waals surface area contributed by atoms with E-state index >= 15 is 0 Å². The van der Waals surface area contributed by atoms with Gasteiger partial charge in [-0.05, 0) is 56.8 Å². The van der Waals surface area contributed by atoms with Crippen LogP contribution in [0.3, 0.4) is 0 Å². The van der Waals surface area contributed by atoms with Crippen LogP contribution in [-0.2, 0) is 25.6 Å². The Morgan fingerprint density at radius 3 is 2.24 bits per heavy atom. The van der Waals surface area contributed by atoms with E-state index in [9.17, 15) is 39.6 Å². The first-order valence-corrected chi connectivity index (χ1v) is 15.5. The van der Waals surface area contributed by atoms with Gasteiger partial charge in [0, 0.05) is 50.4 Å². The van der Waals surface area contributed by atoms with Gasteiger partial charge in [-0.3, -0.25) is 29.0 Å². The third-order valence-corrected chi connectivity index (χ3v) is 10.5. The van der Waals surface area contributed by atoms with Gasteiger partial charge in [-0.2, -0.15) is 0 Å². The van der Waals surface area contributed by atoms with Crippen LogP contribution in [0, 0.1) is 23.2 Å². The molecule has 0 radical (unpaired) electrons. The molecule has 13 heteroatoms. The number of hydrogen-bond acceptors (Lipinski definition) is 11. The first-order chi connectivity index (χ1) is 21.2. The zero-order valence-electron chi connectivity index (χ0n) is 27.6. The van der Waals surface area contributed by atoms with Crippen molar-refractivity contribution in [1.82, 2.24) is 9.80 Å². The first-order valence-electron chi connectivity index (χ1n) is 15.5. The van der Waals surface area contributed by atoms with E-state index in [1.807, 2.05) is 0 Å². The molecule has 250 valence electrons. The second-order valence-corrected chi connectivity index (χ2v) is 14.7. The summed E-state index contributed by atoms with van der Waals surface area (Å²) in [7, 11) is 6.65. The lowest BCUT2D eigenvalue weighted by Gasteiger charge is -2.50. The third kappa shape index (κ3) is 4.87. The normalized spacial score (nSPS) is 27.6. The largest absolute Gasteiger partial charge is 0.508 e. The summed E-state index contributed by atoms with van der Waals surface area (Å²) >= 11 is 0. The zero-order chi connectivity index (χ0) is 34.4. The fraction of sp³-hybridized carbons (Fsp3) is 0.576. The molecule has 3 aliphatic carbocycles. The molecule has 13 nitrogen and oxygen atoms in total. The molecule has 7 N–H and O–H groups in total. The maximum atomic E-state index is 14.2. The van der Waals surface area contributed by atoms with Crippen LogP contribution in [0.5, 0.6) is 5.75 Å². The molecule has 0 spiro atoms. The number of primary amides is 1. The Balaban J connectivity index is 1.57. The maximum absolute atomic E-state index is 14.2. The number of carbonyl (C=O) groups is 4. The van der Waals surface area contributed by atoms with E-state index in [4.69, 9.17) is 5.73 Å². The highest BCUT2D eigenvalue weighted by molar-refractivity contribution is 6.24. The molecule has 0 bridgehead atoms. The number of nitrogens with one attached hydrogen (secondary N) is 1. The summed E-state index contributed by atoms with van der Waals surface area (Å²) in [5.41, 5.74) is 2.68. The number of fused-ring (bicyclic) bond motifs is 3. The molecular formula is C33H45N5O8. The van der Waals surface area contributed by atoms with Gasteiger partial charge in [-0.15, -0.1) is 0 Å². The number of carbonyl (C=O) groups excluding carboxylic acids is 4. The van der Waals surface area contributed by atoms with Gasteiger partial charge in [0.2, 0.25) is 11.7 Å². The Hall–Kier alpha value is -3.94. The Morgan fingerprint density at radius 1 is 1.11 bits per heavy atom. The molecule has 0 aromatic heterocycles. The summed E-state index contributed by atoms with van der Waals surface area (Å²) in [4.78, 5) is 58.4. The van der Waals surface area contributed by atoms with Crippen LogP contribution in [0.4, 0.5) is 11.4 Å². The zero-order valence-corrected chi connectivity index (χ0v) is 27.6. The number of hydrogen-bond donors (Lipinski definition) is 6. The van der Waals surface area contributed by atoms with Crippen LogP contribution in [0.2, 0.25) is 0 Å². The van der Waals surface area contributed by atoms with Crippen molar-refractivity contribution in [2.24, 2.45) is 28.9 Å². The third-order valence-electron chi connectivity index (χ3n) is 10.5. The van der Waals surface area contributed by atoms with E-state index in [-0.39, 0.29) is 52.9 Å². The molecule has 1 aromatic rings. The van der Waals surface area contributed by atoms with Crippen LogP contribution in [0.25, 0.3) is 5.76 Å². The van der Waals surface area contributed by atoms with Gasteiger partial charge in [-0.25, -0.2) is 0 Å². The number of rotatable bonds is 6. The SMILES string of the molecule is CC(N1CC(C(=O)Nc2cc(N(C)C)c3c(c2O)C(O)=C2C(=O)[C@]4(O)C(O)=C(C(N)=O)C(=O)[C@@H](N(C)C)C4C[C@@H]2C3)C1)C(C)(C)C. The highest BCUT2D eigenvalue weighted by atomic mass is 16.3. The molecular weight excluding hydrogens is 594 g/mol. The molecule has 1 aromatic carbocycles. The number of anilines is 2. The summed E-state index contributed by atoms with van der Waals surface area (Å²) in [6, 6.07) is 0.724. The molecule has 5 rings (SSSR count). The Bertz CT molecular complexity index is 1600. The summed E-state index contributed by atoms with van der Waals surface area (Å²) in [5, 5.41) is 48.9. The van der Waals surface area contributed by atoms with E-state index in [1.165, 1.54) is 4.90 Å². The van der Waals surface area contributed by atoms with Gasteiger partial charge in [0.15, 0.2) is 11.4 Å². The van der Waals surface area contributed by atoms with Crippen LogP contribution >= 0.6 is 0 Å². The van der Waals surface area contributed by atoms with Gasteiger partial charge in [-0.1, -0.05) is 20.8 Å².